The van der Waals surface area contributed by atoms with Gasteiger partial charge in [-0.3, -0.25) is 19.1 Å². The van der Waals surface area contributed by atoms with E-state index in [2.05, 4.69) is 30.1 Å². The van der Waals surface area contributed by atoms with Gasteiger partial charge < -0.3 is 15.0 Å². The van der Waals surface area contributed by atoms with E-state index in [0.29, 0.717) is 28.7 Å². The SMILES string of the molecule is CC(=O)c1nn(CC(=O)N2C3C[C@]3(C)C[C@H]2C(=O)Nc2nc(OC(F)(F)F)ccc2C)c2ccc(-c3cnc(C)nc3)cc12. The molecule has 2 amide bonds. The fourth-order valence-electron chi connectivity index (χ4n) is 5.86. The van der Waals surface area contributed by atoms with Crippen molar-refractivity contribution in [3.05, 3.63) is 59.8 Å². The number of halogens is 3. The number of aromatic nitrogens is 5. The summed E-state index contributed by atoms with van der Waals surface area (Å²) in [7, 11) is 0. The molecule has 1 saturated heterocycles. The largest absolute Gasteiger partial charge is 0.574 e. The fraction of sp³-hybridized carbons (Fsp3) is 0.367. The number of nitrogens with zero attached hydrogens (tertiary/aromatic N) is 6. The number of pyridine rings is 1. The zero-order valence-electron chi connectivity index (χ0n) is 24.3. The maximum absolute atomic E-state index is 13.8. The van der Waals surface area contributed by atoms with Crippen LogP contribution in [0.3, 0.4) is 0 Å². The second-order valence-electron chi connectivity index (χ2n) is 11.6. The molecule has 0 bridgehead atoms. The normalized spacial score (nSPS) is 20.8. The molecule has 3 aromatic heterocycles. The molecule has 1 unspecified atom stereocenters. The van der Waals surface area contributed by atoms with Crippen LogP contribution in [0, 0.1) is 19.3 Å². The Morgan fingerprint density at radius 1 is 1.07 bits per heavy atom. The lowest BCUT2D eigenvalue weighted by Crippen LogP contribution is -2.47. The van der Waals surface area contributed by atoms with Crippen LogP contribution in [0.4, 0.5) is 19.0 Å². The highest BCUT2D eigenvalue weighted by atomic mass is 19.4. The molecule has 0 spiro atoms. The van der Waals surface area contributed by atoms with Gasteiger partial charge in [0.15, 0.2) is 5.78 Å². The lowest BCUT2D eigenvalue weighted by Gasteiger charge is -2.27. The number of anilines is 1. The predicted molar refractivity (Wildman–Crippen MR) is 152 cm³/mol. The van der Waals surface area contributed by atoms with Gasteiger partial charge in [0.05, 0.1) is 5.52 Å². The number of piperidine rings is 1. The maximum atomic E-state index is 13.8. The van der Waals surface area contributed by atoms with Gasteiger partial charge in [0.25, 0.3) is 0 Å². The average molecular weight is 608 g/mol. The van der Waals surface area contributed by atoms with E-state index in [1.165, 1.54) is 22.6 Å². The molecule has 1 N–H and O–H groups in total. The van der Waals surface area contributed by atoms with Gasteiger partial charge in [-0.15, -0.1) is 13.2 Å². The lowest BCUT2D eigenvalue weighted by molar-refractivity contribution is -0.276. The highest BCUT2D eigenvalue weighted by Crippen LogP contribution is 2.59. The number of ether oxygens (including phenoxy) is 1. The van der Waals surface area contributed by atoms with Crippen LogP contribution in [-0.2, 0) is 16.1 Å². The van der Waals surface area contributed by atoms with E-state index in [1.807, 2.05) is 19.1 Å². The highest BCUT2D eigenvalue weighted by molar-refractivity contribution is 6.06. The molecule has 4 heterocycles. The number of aryl methyl sites for hydroxylation is 2. The van der Waals surface area contributed by atoms with Gasteiger partial charge in [-0.25, -0.2) is 9.97 Å². The number of ketones is 1. The second kappa shape index (κ2) is 10.4. The monoisotopic (exact) mass is 607 g/mol. The summed E-state index contributed by atoms with van der Waals surface area (Å²) in [6, 6.07) is 6.78. The standard InChI is InChI=1S/C30H28F3N7O4/c1-15-5-8-24(44-30(31,32)33)36-27(15)37-28(43)22-10-29(4)11-23(29)40(22)25(42)14-39-21-7-6-18(19-12-34-17(3)35-13-19)9-20(21)26(38-39)16(2)41/h5-9,12-13,22-23H,10-11,14H2,1-4H3,(H,36,37,43)/t22-,23?,29-/m0/s1. The number of hydrogen-bond acceptors (Lipinski definition) is 8. The summed E-state index contributed by atoms with van der Waals surface area (Å²) in [4.78, 5) is 53.6. The van der Waals surface area contributed by atoms with E-state index in [4.69, 9.17) is 0 Å². The number of likely N-dealkylation sites (tertiary alicyclic amines) is 1. The van der Waals surface area contributed by atoms with Crippen molar-refractivity contribution >= 4 is 34.3 Å². The summed E-state index contributed by atoms with van der Waals surface area (Å²) >= 11 is 0. The van der Waals surface area contributed by atoms with Crippen molar-refractivity contribution in [2.45, 2.75) is 65.5 Å². The summed E-state index contributed by atoms with van der Waals surface area (Å²) in [6.45, 7) is 6.53. The molecule has 44 heavy (non-hydrogen) atoms. The van der Waals surface area contributed by atoms with Gasteiger partial charge in [-0.1, -0.05) is 19.1 Å². The topological polar surface area (TPSA) is 132 Å². The van der Waals surface area contributed by atoms with E-state index in [9.17, 15) is 27.6 Å². The first kappa shape index (κ1) is 29.2. The average Bonchev–Trinajstić information content (AvgIpc) is 3.31. The number of hydrogen-bond donors (Lipinski definition) is 1. The Morgan fingerprint density at radius 2 is 1.80 bits per heavy atom. The van der Waals surface area contributed by atoms with Gasteiger partial charge in [-0.05, 0) is 55.4 Å². The Hall–Kier alpha value is -4.88. The molecule has 0 radical (unpaired) electrons. The van der Waals surface area contributed by atoms with Gasteiger partial charge in [-0.2, -0.15) is 10.1 Å². The number of rotatable bonds is 7. The third-order valence-electron chi connectivity index (χ3n) is 8.24. The van der Waals surface area contributed by atoms with Crippen molar-refractivity contribution in [2.24, 2.45) is 5.41 Å². The van der Waals surface area contributed by atoms with Crippen LogP contribution in [0.2, 0.25) is 0 Å². The summed E-state index contributed by atoms with van der Waals surface area (Å²) in [5.41, 5.74) is 2.48. The summed E-state index contributed by atoms with van der Waals surface area (Å²) < 4.78 is 43.5. The predicted octanol–water partition coefficient (Wildman–Crippen LogP) is 4.62. The van der Waals surface area contributed by atoms with E-state index >= 15 is 0 Å². The Bertz CT molecular complexity index is 1820. The Balaban J connectivity index is 1.26. The molecule has 1 aliphatic carbocycles. The highest BCUT2D eigenvalue weighted by Gasteiger charge is 2.64. The fourth-order valence-corrected chi connectivity index (χ4v) is 5.86. The Labute approximate surface area is 249 Å². The zero-order chi connectivity index (χ0) is 31.6. The van der Waals surface area contributed by atoms with Crippen LogP contribution in [0.5, 0.6) is 5.88 Å². The van der Waals surface area contributed by atoms with Crippen LogP contribution in [0.25, 0.3) is 22.0 Å². The number of Topliss-reactive ketones (excluding diaryl/α,β-unsaturated/α-hetero) is 1. The Morgan fingerprint density at radius 3 is 2.48 bits per heavy atom. The molecule has 6 rings (SSSR count). The van der Waals surface area contributed by atoms with Crippen molar-refractivity contribution in [3.8, 4) is 17.0 Å². The van der Waals surface area contributed by atoms with Crippen LogP contribution in [0.1, 0.15) is 48.6 Å². The smallest absolute Gasteiger partial charge is 0.388 e. The number of alkyl halides is 3. The molecule has 2 fully saturated rings. The van der Waals surface area contributed by atoms with Gasteiger partial charge in [0.2, 0.25) is 17.7 Å². The van der Waals surface area contributed by atoms with Crippen LogP contribution in [-0.4, -0.2) is 65.7 Å². The number of benzene rings is 1. The molecule has 2 aliphatic rings. The summed E-state index contributed by atoms with van der Waals surface area (Å²) in [6.07, 6.45) is -0.466. The molecule has 4 aromatic rings. The van der Waals surface area contributed by atoms with Crippen LogP contribution >= 0.6 is 0 Å². The van der Waals surface area contributed by atoms with E-state index in [1.54, 1.807) is 32.3 Å². The van der Waals surface area contributed by atoms with Crippen LogP contribution < -0.4 is 10.1 Å². The molecule has 14 heteroatoms. The molecular formula is C30H28F3N7O4. The van der Waals surface area contributed by atoms with E-state index in [0.717, 1.165) is 23.6 Å². The minimum atomic E-state index is -4.94. The maximum Gasteiger partial charge on any atom is 0.574 e. The zero-order valence-corrected chi connectivity index (χ0v) is 24.3. The van der Waals surface area contributed by atoms with Crippen molar-refractivity contribution in [1.82, 2.24) is 29.6 Å². The number of amides is 2. The summed E-state index contributed by atoms with van der Waals surface area (Å²) in [5, 5.41) is 7.62. The number of carbonyl (C=O) groups is 3. The van der Waals surface area contributed by atoms with Crippen molar-refractivity contribution in [1.29, 1.82) is 0 Å². The molecular weight excluding hydrogens is 579 g/mol. The van der Waals surface area contributed by atoms with E-state index < -0.39 is 24.2 Å². The number of nitrogens with one attached hydrogen (secondary N) is 1. The molecule has 228 valence electrons. The minimum absolute atomic E-state index is 0.0890. The molecule has 1 saturated carbocycles. The quantitative estimate of drug-likeness (QED) is 0.301. The molecule has 11 nitrogen and oxygen atoms in total. The Kier molecular flexibility index (Phi) is 6.89. The third-order valence-corrected chi connectivity index (χ3v) is 8.24. The summed E-state index contributed by atoms with van der Waals surface area (Å²) in [5.74, 6) is -1.38. The van der Waals surface area contributed by atoms with Crippen molar-refractivity contribution < 1.29 is 32.3 Å². The van der Waals surface area contributed by atoms with Crippen molar-refractivity contribution in [2.75, 3.05) is 5.32 Å². The van der Waals surface area contributed by atoms with E-state index in [-0.39, 0.29) is 41.2 Å². The van der Waals surface area contributed by atoms with Gasteiger partial charge in [0.1, 0.15) is 29.9 Å². The van der Waals surface area contributed by atoms with Crippen LogP contribution in [0.15, 0.2) is 42.7 Å². The first-order valence-corrected chi connectivity index (χ1v) is 13.9. The second-order valence-corrected chi connectivity index (χ2v) is 11.6. The minimum Gasteiger partial charge on any atom is -0.388 e. The molecule has 3 atom stereocenters. The number of fused-ring (bicyclic) bond motifs is 2. The molecule has 1 aliphatic heterocycles. The van der Waals surface area contributed by atoms with Gasteiger partial charge >= 0.3 is 6.36 Å². The molecule has 1 aromatic carbocycles. The van der Waals surface area contributed by atoms with Gasteiger partial charge in [0, 0.05) is 42.4 Å². The third kappa shape index (κ3) is 5.47. The van der Waals surface area contributed by atoms with Crippen molar-refractivity contribution in [3.63, 3.8) is 0 Å². The first-order valence-electron chi connectivity index (χ1n) is 13.9. The number of carbonyl (C=O) groups excluding carboxylic acids is 3. The lowest BCUT2D eigenvalue weighted by atomic mass is 10.0. The first-order chi connectivity index (χ1) is 20.7.